The van der Waals surface area contributed by atoms with Crippen molar-refractivity contribution in [2.24, 2.45) is 7.05 Å². The summed E-state index contributed by atoms with van der Waals surface area (Å²) >= 11 is 0. The molecule has 0 radical (unpaired) electrons. The number of pyridine rings is 1. The van der Waals surface area contributed by atoms with Gasteiger partial charge < -0.3 is 18.9 Å². The van der Waals surface area contributed by atoms with E-state index in [4.69, 9.17) is 9.47 Å². The minimum absolute atomic E-state index is 0.129. The first-order valence-electron chi connectivity index (χ1n) is 8.30. The molecule has 1 aliphatic rings. The number of methoxy groups -OCH3 is 1. The number of ether oxygens (including phenoxy) is 2. The van der Waals surface area contributed by atoms with Crippen LogP contribution in [0.25, 0.3) is 0 Å². The van der Waals surface area contributed by atoms with Crippen LogP contribution in [0.5, 0.6) is 5.75 Å². The van der Waals surface area contributed by atoms with E-state index in [2.05, 4.69) is 0 Å². The number of carbonyl (C=O) groups is 2. The van der Waals surface area contributed by atoms with Crippen molar-refractivity contribution in [3.8, 4) is 5.75 Å². The summed E-state index contributed by atoms with van der Waals surface area (Å²) in [6, 6.07) is 8.23. The van der Waals surface area contributed by atoms with Crippen molar-refractivity contribution < 1.29 is 19.1 Å². The molecule has 0 atom stereocenters. The first kappa shape index (κ1) is 17.7. The number of esters is 1. The number of aromatic nitrogens is 1. The summed E-state index contributed by atoms with van der Waals surface area (Å²) in [5.74, 6) is -0.244. The lowest BCUT2D eigenvalue weighted by Crippen LogP contribution is -2.38. The zero-order chi connectivity index (χ0) is 18.7. The Kier molecular flexibility index (Phi) is 5.06. The van der Waals surface area contributed by atoms with Gasteiger partial charge in [-0.05, 0) is 42.7 Å². The third-order valence-corrected chi connectivity index (χ3v) is 4.37. The second-order valence-electron chi connectivity index (χ2n) is 6.08. The molecule has 1 aliphatic heterocycles. The molecule has 0 N–H and O–H groups in total. The SMILES string of the molecule is COc1ccc2c(c1)CCCN2C(=O)COC(=O)c1ccn(C)c(=O)c1. The first-order valence-corrected chi connectivity index (χ1v) is 8.30. The highest BCUT2D eigenvalue weighted by Gasteiger charge is 2.24. The number of amides is 1. The molecule has 0 bridgehead atoms. The maximum Gasteiger partial charge on any atom is 0.338 e. The molecule has 3 rings (SSSR count). The van der Waals surface area contributed by atoms with Crippen LogP contribution in [0.2, 0.25) is 0 Å². The van der Waals surface area contributed by atoms with Gasteiger partial charge in [0.2, 0.25) is 0 Å². The fourth-order valence-electron chi connectivity index (χ4n) is 2.92. The molecule has 0 unspecified atom stereocenters. The maximum atomic E-state index is 12.5. The van der Waals surface area contributed by atoms with Gasteiger partial charge >= 0.3 is 5.97 Å². The highest BCUT2D eigenvalue weighted by molar-refractivity contribution is 5.98. The fraction of sp³-hybridized carbons (Fsp3) is 0.316. The molecule has 0 spiro atoms. The number of anilines is 1. The molecular weight excluding hydrogens is 336 g/mol. The molecule has 2 heterocycles. The Labute approximate surface area is 150 Å². The summed E-state index contributed by atoms with van der Waals surface area (Å²) in [5.41, 5.74) is 1.66. The zero-order valence-corrected chi connectivity index (χ0v) is 14.7. The van der Waals surface area contributed by atoms with E-state index in [0.29, 0.717) is 6.54 Å². The summed E-state index contributed by atoms with van der Waals surface area (Å²) in [6.45, 7) is 0.196. The molecule has 26 heavy (non-hydrogen) atoms. The lowest BCUT2D eigenvalue weighted by atomic mass is 10.0. The van der Waals surface area contributed by atoms with Crippen LogP contribution in [0.4, 0.5) is 5.69 Å². The molecule has 0 saturated carbocycles. The standard InChI is InChI=1S/C19H20N2O5/c1-20-9-7-14(11-17(20)22)19(24)26-12-18(23)21-8-3-4-13-10-15(25-2)5-6-16(13)21/h5-7,9-11H,3-4,8,12H2,1-2H3. The van der Waals surface area contributed by atoms with Crippen molar-refractivity contribution in [2.75, 3.05) is 25.2 Å². The van der Waals surface area contributed by atoms with Gasteiger partial charge in [0.05, 0.1) is 12.7 Å². The van der Waals surface area contributed by atoms with Crippen molar-refractivity contribution in [1.82, 2.24) is 4.57 Å². The summed E-state index contributed by atoms with van der Waals surface area (Å²) in [6.07, 6.45) is 3.17. The number of benzene rings is 1. The van der Waals surface area contributed by atoms with Crippen LogP contribution in [0.3, 0.4) is 0 Å². The second kappa shape index (κ2) is 7.43. The fourth-order valence-corrected chi connectivity index (χ4v) is 2.92. The van der Waals surface area contributed by atoms with Crippen molar-refractivity contribution in [2.45, 2.75) is 12.8 Å². The lowest BCUT2D eigenvalue weighted by molar-refractivity contribution is -0.121. The normalized spacial score (nSPS) is 13.1. The van der Waals surface area contributed by atoms with Crippen LogP contribution >= 0.6 is 0 Å². The highest BCUT2D eigenvalue weighted by Crippen LogP contribution is 2.30. The Bertz CT molecular complexity index is 903. The van der Waals surface area contributed by atoms with Crippen LogP contribution in [-0.4, -0.2) is 36.7 Å². The largest absolute Gasteiger partial charge is 0.497 e. The number of fused-ring (bicyclic) bond motifs is 1. The number of carbonyl (C=O) groups excluding carboxylic acids is 2. The summed E-state index contributed by atoms with van der Waals surface area (Å²) in [5, 5.41) is 0. The van der Waals surface area contributed by atoms with Gasteiger partial charge in [-0.2, -0.15) is 0 Å². The number of hydrogen-bond donors (Lipinski definition) is 0. The second-order valence-corrected chi connectivity index (χ2v) is 6.08. The molecule has 2 aromatic rings. The Morgan fingerprint density at radius 3 is 2.73 bits per heavy atom. The molecule has 136 valence electrons. The van der Waals surface area contributed by atoms with Crippen LogP contribution in [0, 0.1) is 0 Å². The molecule has 1 aromatic carbocycles. The highest BCUT2D eigenvalue weighted by atomic mass is 16.5. The van der Waals surface area contributed by atoms with E-state index in [1.807, 2.05) is 12.1 Å². The average molecular weight is 356 g/mol. The smallest absolute Gasteiger partial charge is 0.338 e. The third-order valence-electron chi connectivity index (χ3n) is 4.37. The van der Waals surface area contributed by atoms with Crippen LogP contribution < -0.4 is 15.2 Å². The molecule has 7 nitrogen and oxygen atoms in total. The molecule has 1 aromatic heterocycles. The zero-order valence-electron chi connectivity index (χ0n) is 14.7. The van der Waals surface area contributed by atoms with Crippen LogP contribution in [-0.2, 0) is 23.0 Å². The maximum absolute atomic E-state index is 12.5. The van der Waals surface area contributed by atoms with E-state index in [-0.39, 0.29) is 23.6 Å². The van der Waals surface area contributed by atoms with E-state index in [1.54, 1.807) is 25.1 Å². The van der Waals surface area contributed by atoms with Crippen molar-refractivity contribution >= 4 is 17.6 Å². The minimum Gasteiger partial charge on any atom is -0.497 e. The number of aryl methyl sites for hydroxylation is 2. The van der Waals surface area contributed by atoms with E-state index < -0.39 is 5.97 Å². The van der Waals surface area contributed by atoms with Crippen molar-refractivity contribution in [3.63, 3.8) is 0 Å². The Morgan fingerprint density at radius 1 is 1.19 bits per heavy atom. The van der Waals surface area contributed by atoms with Gasteiger partial charge in [0.25, 0.3) is 11.5 Å². The van der Waals surface area contributed by atoms with Gasteiger partial charge in [0, 0.05) is 31.5 Å². The summed E-state index contributed by atoms with van der Waals surface area (Å²) < 4.78 is 11.7. The van der Waals surface area contributed by atoms with E-state index in [1.165, 1.54) is 22.9 Å². The first-order chi connectivity index (χ1) is 12.5. The van der Waals surface area contributed by atoms with Crippen LogP contribution in [0.15, 0.2) is 41.3 Å². The van der Waals surface area contributed by atoms with Gasteiger partial charge in [0.1, 0.15) is 5.75 Å². The van der Waals surface area contributed by atoms with Gasteiger partial charge in [-0.25, -0.2) is 4.79 Å². The number of rotatable bonds is 4. The number of hydrogen-bond acceptors (Lipinski definition) is 5. The molecular formula is C19H20N2O5. The summed E-state index contributed by atoms with van der Waals surface area (Å²) in [4.78, 5) is 37.8. The molecule has 0 saturated heterocycles. The summed E-state index contributed by atoms with van der Waals surface area (Å²) in [7, 11) is 3.19. The molecule has 1 amide bonds. The molecule has 0 aliphatic carbocycles. The quantitative estimate of drug-likeness (QED) is 0.777. The Morgan fingerprint density at radius 2 is 2.00 bits per heavy atom. The third kappa shape index (κ3) is 3.61. The van der Waals surface area contributed by atoms with Crippen molar-refractivity contribution in [3.05, 3.63) is 58.0 Å². The monoisotopic (exact) mass is 356 g/mol. The average Bonchev–Trinajstić information content (AvgIpc) is 2.66. The van der Waals surface area contributed by atoms with E-state index in [9.17, 15) is 14.4 Å². The Hall–Kier alpha value is -3.09. The lowest BCUT2D eigenvalue weighted by Gasteiger charge is -2.29. The molecule has 7 heteroatoms. The van der Waals surface area contributed by atoms with Crippen LogP contribution in [0.1, 0.15) is 22.3 Å². The van der Waals surface area contributed by atoms with E-state index in [0.717, 1.165) is 29.8 Å². The predicted octanol–water partition coefficient (Wildman–Crippen LogP) is 1.53. The van der Waals surface area contributed by atoms with Crippen molar-refractivity contribution in [1.29, 1.82) is 0 Å². The van der Waals surface area contributed by atoms with E-state index >= 15 is 0 Å². The van der Waals surface area contributed by atoms with Gasteiger partial charge in [-0.3, -0.25) is 9.59 Å². The predicted molar refractivity (Wildman–Crippen MR) is 95.6 cm³/mol. The van der Waals surface area contributed by atoms with Gasteiger partial charge in [-0.15, -0.1) is 0 Å². The molecule has 0 fully saturated rings. The van der Waals surface area contributed by atoms with Gasteiger partial charge in [0.15, 0.2) is 6.61 Å². The topological polar surface area (TPSA) is 77.8 Å². The Balaban J connectivity index is 1.68. The minimum atomic E-state index is -0.692. The van der Waals surface area contributed by atoms with Gasteiger partial charge in [-0.1, -0.05) is 0 Å². The number of nitrogens with zero attached hydrogens (tertiary/aromatic N) is 2.